The Balaban J connectivity index is 2.82. The molecule has 0 unspecified atom stereocenters. The zero-order valence-corrected chi connectivity index (χ0v) is 4.52. The Labute approximate surface area is 43.8 Å². The maximum atomic E-state index is 6.59. The van der Waals surface area contributed by atoms with Crippen LogP contribution in [0.1, 0.15) is 12.8 Å². The lowest BCUT2D eigenvalue weighted by Crippen LogP contribution is -1.74. The van der Waals surface area contributed by atoms with Crippen molar-refractivity contribution in [2.75, 3.05) is 7.05 Å². The summed E-state index contributed by atoms with van der Waals surface area (Å²) in [5.41, 5.74) is 0. The van der Waals surface area contributed by atoms with E-state index in [1.54, 1.807) is 7.05 Å². The van der Waals surface area contributed by atoms with Gasteiger partial charge in [-0.1, -0.05) is 0 Å². The summed E-state index contributed by atoms with van der Waals surface area (Å²) in [4.78, 5) is 3.74. The van der Waals surface area contributed by atoms with Crippen LogP contribution in [0, 0.1) is 5.41 Å². The zero-order chi connectivity index (χ0) is 5.54. The van der Waals surface area contributed by atoms with Crippen molar-refractivity contribution in [1.82, 2.24) is 0 Å². The van der Waals surface area contributed by atoms with Gasteiger partial charge in [0.05, 0.1) is 0 Å². The molecule has 0 spiro atoms. The van der Waals surface area contributed by atoms with Crippen LogP contribution >= 0.6 is 0 Å². The summed E-state index contributed by atoms with van der Waals surface area (Å²) in [6.07, 6.45) is 4.92. The summed E-state index contributed by atoms with van der Waals surface area (Å²) in [7, 11) is 1.74. The fourth-order valence-corrected chi connectivity index (χ4v) is 0.287. The number of hydrogen-bond donors (Lipinski definition) is 1. The summed E-state index contributed by atoms with van der Waals surface area (Å²) < 4.78 is 0. The molecule has 0 fully saturated rings. The van der Waals surface area contributed by atoms with Crippen molar-refractivity contribution in [2.45, 2.75) is 12.8 Å². The van der Waals surface area contributed by atoms with Gasteiger partial charge in [-0.3, -0.25) is 0 Å². The molecule has 0 aliphatic heterocycles. The van der Waals surface area contributed by atoms with E-state index in [0.29, 0.717) is 0 Å². The van der Waals surface area contributed by atoms with Crippen LogP contribution in [0.15, 0.2) is 4.99 Å². The maximum Gasteiger partial charge on any atom is 0.0273 e. The molecule has 0 aromatic carbocycles. The minimum absolute atomic E-state index is 0.817. The summed E-state index contributed by atoms with van der Waals surface area (Å²) in [6, 6.07) is 0. The van der Waals surface area contributed by atoms with Crippen molar-refractivity contribution in [2.24, 2.45) is 4.99 Å². The molecule has 2 nitrogen and oxygen atoms in total. The number of nitrogens with one attached hydrogen (secondary N) is 1. The Morgan fingerprint density at radius 1 is 1.57 bits per heavy atom. The van der Waals surface area contributed by atoms with Gasteiger partial charge in [0.1, 0.15) is 0 Å². The Hall–Kier alpha value is -0.660. The first-order valence-corrected chi connectivity index (χ1v) is 2.31. The molecule has 0 aliphatic rings. The van der Waals surface area contributed by atoms with Gasteiger partial charge in [0.25, 0.3) is 0 Å². The Morgan fingerprint density at radius 3 is 2.71 bits per heavy atom. The van der Waals surface area contributed by atoms with E-state index in [0.717, 1.165) is 12.8 Å². The molecule has 7 heavy (non-hydrogen) atoms. The minimum Gasteiger partial charge on any atom is -0.313 e. The maximum absolute atomic E-state index is 6.59. The fraction of sp³-hybridized carbons (Fsp3) is 0.600. The molecule has 0 saturated carbocycles. The number of nitrogens with zero attached hydrogens (tertiary/aromatic N) is 1. The van der Waals surface area contributed by atoms with Crippen LogP contribution in [0.4, 0.5) is 0 Å². The molecule has 0 amide bonds. The van der Waals surface area contributed by atoms with E-state index in [1.807, 2.05) is 6.21 Å². The Kier molecular flexibility index (Phi) is 4.84. The average Bonchev–Trinajstić information content (AvgIpc) is 1.69. The van der Waals surface area contributed by atoms with E-state index in [4.69, 9.17) is 5.41 Å². The van der Waals surface area contributed by atoms with Crippen molar-refractivity contribution in [3.05, 3.63) is 0 Å². The van der Waals surface area contributed by atoms with Crippen LogP contribution in [-0.4, -0.2) is 19.5 Å². The van der Waals surface area contributed by atoms with E-state index < -0.39 is 0 Å². The standard InChI is InChI=1S/C5H10N2/c1-7-5-3-2-4-6/h4-6H,2-3H2,1H3. The van der Waals surface area contributed by atoms with Gasteiger partial charge in [-0.2, -0.15) is 0 Å². The quantitative estimate of drug-likeness (QED) is 0.405. The first kappa shape index (κ1) is 6.34. The van der Waals surface area contributed by atoms with Crippen LogP contribution in [0.25, 0.3) is 0 Å². The third kappa shape index (κ3) is 5.34. The molecular weight excluding hydrogens is 88.1 g/mol. The van der Waals surface area contributed by atoms with Crippen molar-refractivity contribution < 1.29 is 0 Å². The first-order valence-electron chi connectivity index (χ1n) is 2.31. The monoisotopic (exact) mass is 98.1 g/mol. The topological polar surface area (TPSA) is 36.2 Å². The van der Waals surface area contributed by atoms with Gasteiger partial charge in [-0.05, 0) is 25.3 Å². The van der Waals surface area contributed by atoms with Gasteiger partial charge in [-0.25, -0.2) is 0 Å². The molecular formula is C5H10N2. The second-order valence-corrected chi connectivity index (χ2v) is 1.22. The molecule has 0 radical (unpaired) electrons. The predicted molar refractivity (Wildman–Crippen MR) is 32.4 cm³/mol. The number of rotatable bonds is 3. The summed E-state index contributed by atoms with van der Waals surface area (Å²) >= 11 is 0. The highest BCUT2D eigenvalue weighted by Crippen LogP contribution is 1.76. The molecule has 0 aliphatic carbocycles. The lowest BCUT2D eigenvalue weighted by atomic mass is 10.4. The van der Waals surface area contributed by atoms with Crippen LogP contribution in [-0.2, 0) is 0 Å². The SMILES string of the molecule is CN=CCCC=N. The van der Waals surface area contributed by atoms with Crippen LogP contribution < -0.4 is 0 Å². The van der Waals surface area contributed by atoms with Gasteiger partial charge >= 0.3 is 0 Å². The van der Waals surface area contributed by atoms with Crippen molar-refractivity contribution in [3.8, 4) is 0 Å². The third-order valence-electron chi connectivity index (χ3n) is 0.623. The van der Waals surface area contributed by atoms with E-state index in [9.17, 15) is 0 Å². The molecule has 0 saturated heterocycles. The second kappa shape index (κ2) is 5.34. The van der Waals surface area contributed by atoms with Crippen LogP contribution in [0.2, 0.25) is 0 Å². The summed E-state index contributed by atoms with van der Waals surface area (Å²) in [5.74, 6) is 0. The number of aliphatic imine (C=N–C) groups is 1. The zero-order valence-electron chi connectivity index (χ0n) is 4.52. The van der Waals surface area contributed by atoms with E-state index in [2.05, 4.69) is 4.99 Å². The highest BCUT2D eigenvalue weighted by atomic mass is 14.6. The number of hydrogen-bond acceptors (Lipinski definition) is 2. The van der Waals surface area contributed by atoms with E-state index in [-0.39, 0.29) is 0 Å². The van der Waals surface area contributed by atoms with Gasteiger partial charge < -0.3 is 10.4 Å². The second-order valence-electron chi connectivity index (χ2n) is 1.22. The summed E-state index contributed by atoms with van der Waals surface area (Å²) in [6.45, 7) is 0. The third-order valence-corrected chi connectivity index (χ3v) is 0.623. The van der Waals surface area contributed by atoms with E-state index in [1.165, 1.54) is 6.21 Å². The molecule has 0 bridgehead atoms. The lowest BCUT2D eigenvalue weighted by molar-refractivity contribution is 1.17. The minimum atomic E-state index is 0.817. The molecule has 0 atom stereocenters. The lowest BCUT2D eigenvalue weighted by Gasteiger charge is -1.77. The first-order chi connectivity index (χ1) is 3.41. The molecule has 1 N–H and O–H groups in total. The van der Waals surface area contributed by atoms with Crippen molar-refractivity contribution >= 4 is 12.4 Å². The van der Waals surface area contributed by atoms with Gasteiger partial charge in [0, 0.05) is 7.05 Å². The van der Waals surface area contributed by atoms with Gasteiger partial charge in [-0.15, -0.1) is 0 Å². The Morgan fingerprint density at radius 2 is 2.29 bits per heavy atom. The van der Waals surface area contributed by atoms with Gasteiger partial charge in [0.15, 0.2) is 0 Å². The predicted octanol–water partition coefficient (Wildman–Crippen LogP) is 1.12. The largest absolute Gasteiger partial charge is 0.313 e. The molecule has 0 rings (SSSR count). The normalized spacial score (nSPS) is 9.86. The highest BCUT2D eigenvalue weighted by molar-refractivity contribution is 5.63. The Bertz CT molecular complexity index is 66.5. The highest BCUT2D eigenvalue weighted by Gasteiger charge is 1.70. The number of unbranched alkanes of at least 4 members (excludes halogenated alkanes) is 1. The molecule has 0 aromatic heterocycles. The molecule has 40 valence electrons. The van der Waals surface area contributed by atoms with Crippen molar-refractivity contribution in [1.29, 1.82) is 5.41 Å². The smallest absolute Gasteiger partial charge is 0.0273 e. The molecule has 2 heteroatoms. The van der Waals surface area contributed by atoms with E-state index >= 15 is 0 Å². The van der Waals surface area contributed by atoms with Crippen LogP contribution in [0.3, 0.4) is 0 Å². The fourth-order valence-electron chi connectivity index (χ4n) is 0.287. The van der Waals surface area contributed by atoms with Crippen molar-refractivity contribution in [3.63, 3.8) is 0 Å². The average molecular weight is 98.1 g/mol. The van der Waals surface area contributed by atoms with Gasteiger partial charge in [0.2, 0.25) is 0 Å². The summed E-state index contributed by atoms with van der Waals surface area (Å²) in [5, 5.41) is 6.59. The molecule has 0 aromatic rings. The van der Waals surface area contributed by atoms with Crippen LogP contribution in [0.5, 0.6) is 0 Å². The molecule has 0 heterocycles.